The molecule has 0 spiro atoms. The Bertz CT molecular complexity index is 1470. The molecule has 36 heavy (non-hydrogen) atoms. The Morgan fingerprint density at radius 3 is 2.33 bits per heavy atom. The third-order valence-corrected chi connectivity index (χ3v) is 5.75. The number of hydrogen-bond donors (Lipinski definition) is 1. The molecule has 1 saturated heterocycles. The van der Waals surface area contributed by atoms with Crippen LogP contribution in [0.2, 0.25) is 0 Å². The molecule has 0 unspecified atom stereocenters. The second-order valence-corrected chi connectivity index (χ2v) is 7.89. The minimum Gasteiger partial charge on any atom is -0.478 e. The van der Waals surface area contributed by atoms with Crippen LogP contribution in [0, 0.1) is 11.6 Å². The van der Waals surface area contributed by atoms with E-state index in [1.165, 1.54) is 29.4 Å². The second kappa shape index (κ2) is 8.70. The fourth-order valence-corrected chi connectivity index (χ4v) is 4.03. The normalized spacial score (nSPS) is 14.5. The lowest BCUT2D eigenvalue weighted by Crippen LogP contribution is -2.47. The van der Waals surface area contributed by atoms with Crippen LogP contribution in [0.5, 0.6) is 0 Å². The van der Waals surface area contributed by atoms with Crippen LogP contribution in [-0.2, 0) is 6.18 Å². The van der Waals surface area contributed by atoms with Gasteiger partial charge in [-0.25, -0.2) is 23.5 Å². The van der Waals surface area contributed by atoms with Gasteiger partial charge in [0.05, 0.1) is 16.5 Å². The summed E-state index contributed by atoms with van der Waals surface area (Å²) in [7, 11) is 0. The van der Waals surface area contributed by atoms with Crippen molar-refractivity contribution in [3.05, 3.63) is 59.7 Å². The van der Waals surface area contributed by atoms with Crippen LogP contribution >= 0.6 is 0 Å². The van der Waals surface area contributed by atoms with E-state index in [1.54, 1.807) is 4.90 Å². The lowest BCUT2D eigenvalue weighted by atomic mass is 10.00. The third kappa shape index (κ3) is 4.14. The molecule has 3 heterocycles. The maximum atomic E-state index is 15.0. The quantitative estimate of drug-likeness (QED) is 0.411. The number of alkyl halides is 3. The van der Waals surface area contributed by atoms with E-state index in [-0.39, 0.29) is 48.8 Å². The molecule has 0 amide bonds. The number of hydrogen-bond acceptors (Lipinski definition) is 8. The van der Waals surface area contributed by atoms with Gasteiger partial charge in [-0.2, -0.15) is 18.2 Å². The Hall–Kier alpha value is -4.36. The average molecular weight is 506 g/mol. The zero-order valence-electron chi connectivity index (χ0n) is 18.1. The van der Waals surface area contributed by atoms with Crippen LogP contribution in [0.15, 0.2) is 41.2 Å². The van der Waals surface area contributed by atoms with Crippen molar-refractivity contribution in [2.45, 2.75) is 6.18 Å². The Morgan fingerprint density at radius 1 is 0.972 bits per heavy atom. The minimum absolute atomic E-state index is 0.0742. The summed E-state index contributed by atoms with van der Waals surface area (Å²) in [4.78, 5) is 26.2. The number of fused-ring (bicyclic) bond motifs is 1. The number of benzene rings is 2. The van der Waals surface area contributed by atoms with Crippen molar-refractivity contribution in [1.82, 2.24) is 20.1 Å². The van der Waals surface area contributed by atoms with E-state index < -0.39 is 35.2 Å². The summed E-state index contributed by atoms with van der Waals surface area (Å²) in [6, 6.07) is 6.15. The first-order valence-corrected chi connectivity index (χ1v) is 10.5. The van der Waals surface area contributed by atoms with E-state index in [9.17, 15) is 26.7 Å². The van der Waals surface area contributed by atoms with Crippen LogP contribution in [-0.4, -0.2) is 57.4 Å². The van der Waals surface area contributed by atoms with Crippen LogP contribution < -0.4 is 9.80 Å². The summed E-state index contributed by atoms with van der Waals surface area (Å²) in [6.45, 7) is 0.943. The molecular formula is C22H15F5N6O3. The van der Waals surface area contributed by atoms with Crippen molar-refractivity contribution in [3.8, 4) is 11.1 Å². The maximum Gasteiger partial charge on any atom is 0.471 e. The Balaban J connectivity index is 1.45. The molecule has 0 bridgehead atoms. The lowest BCUT2D eigenvalue weighted by Gasteiger charge is -2.35. The molecule has 0 radical (unpaired) electrons. The van der Waals surface area contributed by atoms with E-state index in [0.717, 1.165) is 12.1 Å². The summed E-state index contributed by atoms with van der Waals surface area (Å²) in [5, 5.41) is 12.5. The van der Waals surface area contributed by atoms with Gasteiger partial charge in [-0.05, 0) is 35.0 Å². The van der Waals surface area contributed by atoms with Gasteiger partial charge in [0.15, 0.2) is 0 Å². The molecule has 1 fully saturated rings. The largest absolute Gasteiger partial charge is 0.478 e. The van der Waals surface area contributed by atoms with Crippen molar-refractivity contribution in [1.29, 1.82) is 0 Å². The number of carbonyl (C=O) groups is 1. The monoisotopic (exact) mass is 506 g/mol. The summed E-state index contributed by atoms with van der Waals surface area (Å²) in [5.74, 6) is -4.37. The van der Waals surface area contributed by atoms with Gasteiger partial charge in [0.25, 0.3) is 5.95 Å². The summed E-state index contributed by atoms with van der Waals surface area (Å²) >= 11 is 0. The minimum atomic E-state index is -4.75. The molecule has 0 atom stereocenters. The first-order chi connectivity index (χ1) is 17.1. The molecule has 1 aliphatic rings. The average Bonchev–Trinajstić information content (AvgIpc) is 3.35. The number of aromatic carboxylic acids is 1. The van der Waals surface area contributed by atoms with Crippen molar-refractivity contribution < 1.29 is 36.4 Å². The lowest BCUT2D eigenvalue weighted by molar-refractivity contribution is -0.159. The summed E-state index contributed by atoms with van der Waals surface area (Å²) < 4.78 is 71.8. The fraction of sp³-hybridized carbons (Fsp3) is 0.227. The molecule has 186 valence electrons. The number of anilines is 2. The van der Waals surface area contributed by atoms with Gasteiger partial charge in [-0.15, -0.1) is 0 Å². The molecule has 5 rings (SSSR count). The highest BCUT2D eigenvalue weighted by Crippen LogP contribution is 2.35. The molecule has 2 aromatic carbocycles. The fourth-order valence-electron chi connectivity index (χ4n) is 4.03. The first-order valence-electron chi connectivity index (χ1n) is 10.5. The van der Waals surface area contributed by atoms with E-state index >= 15 is 0 Å². The topological polar surface area (TPSA) is 108 Å². The smallest absolute Gasteiger partial charge is 0.471 e. The molecule has 1 N–H and O–H groups in total. The molecule has 9 nitrogen and oxygen atoms in total. The van der Waals surface area contributed by atoms with E-state index in [1.807, 2.05) is 0 Å². The van der Waals surface area contributed by atoms with Crippen molar-refractivity contribution >= 4 is 28.6 Å². The third-order valence-electron chi connectivity index (χ3n) is 5.75. The maximum absolute atomic E-state index is 15.0. The number of carboxylic acid groups (broad SMARTS) is 1. The van der Waals surface area contributed by atoms with Crippen LogP contribution in [0.25, 0.3) is 22.0 Å². The summed E-state index contributed by atoms with van der Waals surface area (Å²) in [6.07, 6.45) is -3.53. The van der Waals surface area contributed by atoms with E-state index in [4.69, 9.17) is 5.11 Å². The Labute approximate surface area is 198 Å². The van der Waals surface area contributed by atoms with Crippen LogP contribution in [0.4, 0.5) is 33.7 Å². The highest BCUT2D eigenvalue weighted by molar-refractivity contribution is 6.00. The summed E-state index contributed by atoms with van der Waals surface area (Å²) in [5.41, 5.74) is 0.366. The second-order valence-electron chi connectivity index (χ2n) is 7.89. The van der Waals surface area contributed by atoms with Crippen molar-refractivity contribution in [2.24, 2.45) is 0 Å². The molecular weight excluding hydrogens is 491 g/mol. The number of halogens is 5. The van der Waals surface area contributed by atoms with E-state index in [0.29, 0.717) is 11.1 Å². The SMILES string of the molecule is O=C(O)c1ccc(-c2ccc(F)c3c(N4CCN(c5noc(C(F)(F)F)n5)CC4)ncnc23)cc1F. The van der Waals surface area contributed by atoms with Crippen LogP contribution in [0.1, 0.15) is 16.2 Å². The number of carboxylic acids is 1. The molecule has 2 aromatic heterocycles. The standard InChI is InChI=1S/C22H15F5N6O3/c23-14-4-3-12(11-1-2-13(19(34)35)15(24)9-11)17-16(14)18(29-10-28-17)32-5-7-33(8-6-32)21-30-20(36-31-21)22(25,26)27/h1-4,9-10H,5-8H2,(H,34,35). The van der Waals surface area contributed by atoms with Crippen molar-refractivity contribution in [3.63, 3.8) is 0 Å². The molecule has 0 aliphatic carbocycles. The zero-order chi connectivity index (χ0) is 25.6. The van der Waals surface area contributed by atoms with E-state index in [2.05, 4.69) is 24.6 Å². The van der Waals surface area contributed by atoms with Gasteiger partial charge in [-0.1, -0.05) is 6.07 Å². The number of nitrogens with zero attached hydrogens (tertiary/aromatic N) is 6. The molecule has 4 aromatic rings. The zero-order valence-corrected chi connectivity index (χ0v) is 18.1. The van der Waals surface area contributed by atoms with Gasteiger partial charge in [0, 0.05) is 31.7 Å². The van der Waals surface area contributed by atoms with Gasteiger partial charge < -0.3 is 19.4 Å². The Morgan fingerprint density at radius 2 is 1.69 bits per heavy atom. The highest BCUT2D eigenvalue weighted by atomic mass is 19.4. The molecule has 1 aliphatic heterocycles. The van der Waals surface area contributed by atoms with Gasteiger partial charge in [-0.3, -0.25) is 0 Å². The first kappa shape index (κ1) is 23.4. The van der Waals surface area contributed by atoms with Gasteiger partial charge in [0.2, 0.25) is 0 Å². The predicted octanol–water partition coefficient (Wildman–Crippen LogP) is 4.00. The van der Waals surface area contributed by atoms with Gasteiger partial charge >= 0.3 is 18.0 Å². The molecule has 14 heteroatoms. The predicted molar refractivity (Wildman–Crippen MR) is 116 cm³/mol. The number of rotatable bonds is 4. The Kier molecular flexibility index (Phi) is 5.65. The molecule has 0 saturated carbocycles. The highest BCUT2D eigenvalue weighted by Gasteiger charge is 2.39. The number of piperazine rings is 1. The number of aromatic nitrogens is 4. The van der Waals surface area contributed by atoms with Crippen molar-refractivity contribution in [2.75, 3.05) is 36.0 Å². The van der Waals surface area contributed by atoms with Crippen LogP contribution in [0.3, 0.4) is 0 Å². The van der Waals surface area contributed by atoms with Gasteiger partial charge in [0.1, 0.15) is 23.8 Å².